The largest absolute Gasteiger partial charge is 0.418 e. The number of hydrogen-bond donors (Lipinski definition) is 1. The Morgan fingerprint density at radius 1 is 0.815 bits per heavy atom. The van der Waals surface area contributed by atoms with Crippen LogP contribution in [0.5, 0.6) is 0 Å². The highest BCUT2D eigenvalue weighted by Gasteiger charge is 2.22. The molecule has 3 aromatic carbocycles. The van der Waals surface area contributed by atoms with Gasteiger partial charge in [-0.2, -0.15) is 0 Å². The summed E-state index contributed by atoms with van der Waals surface area (Å²) in [5.74, 6) is -0.686. The average Bonchev–Trinajstić information content (AvgIpc) is 3.19. The van der Waals surface area contributed by atoms with Gasteiger partial charge in [-0.1, -0.05) is 48.5 Å². The fraction of sp³-hybridized carbons (Fsp3) is 0.0476. The first-order valence-corrected chi connectivity index (χ1v) is 8.36. The zero-order valence-corrected chi connectivity index (χ0v) is 14.1. The second kappa shape index (κ2) is 7.37. The summed E-state index contributed by atoms with van der Waals surface area (Å²) < 4.78 is 33.2. The molecule has 0 unspecified atom stereocenters. The van der Waals surface area contributed by atoms with Crippen LogP contribution < -0.4 is 5.32 Å². The highest BCUT2D eigenvalue weighted by molar-refractivity contribution is 5.53. The lowest BCUT2D eigenvalue weighted by molar-refractivity contribution is 0.492. The lowest BCUT2D eigenvalue weighted by atomic mass is 10.1. The zero-order valence-electron chi connectivity index (χ0n) is 14.1. The van der Waals surface area contributed by atoms with Crippen LogP contribution in [-0.2, 0) is 0 Å². The van der Waals surface area contributed by atoms with Gasteiger partial charge in [0.1, 0.15) is 17.7 Å². The van der Waals surface area contributed by atoms with Crippen LogP contribution in [0, 0.1) is 11.6 Å². The van der Waals surface area contributed by atoms with E-state index < -0.39 is 17.7 Å². The third-order valence-corrected chi connectivity index (χ3v) is 4.07. The third kappa shape index (κ3) is 3.69. The van der Waals surface area contributed by atoms with Gasteiger partial charge in [-0.25, -0.2) is 8.78 Å². The lowest BCUT2D eigenvalue weighted by Crippen LogP contribution is -2.14. The van der Waals surface area contributed by atoms with Gasteiger partial charge in [0.05, 0.1) is 5.69 Å². The molecule has 0 aliphatic rings. The van der Waals surface area contributed by atoms with E-state index in [1.165, 1.54) is 12.1 Å². The van der Waals surface area contributed by atoms with E-state index >= 15 is 0 Å². The molecule has 1 atom stereocenters. The minimum Gasteiger partial charge on any atom is -0.418 e. The molecule has 0 fully saturated rings. The van der Waals surface area contributed by atoms with E-state index in [9.17, 15) is 8.78 Å². The van der Waals surface area contributed by atoms with E-state index in [4.69, 9.17) is 4.42 Å². The van der Waals surface area contributed by atoms with E-state index in [1.807, 2.05) is 60.7 Å². The van der Waals surface area contributed by atoms with Gasteiger partial charge in [-0.05, 0) is 29.8 Å². The average molecular weight is 363 g/mol. The molecular weight excluding hydrogens is 348 g/mol. The van der Waals surface area contributed by atoms with Crippen molar-refractivity contribution in [3.63, 3.8) is 0 Å². The van der Waals surface area contributed by atoms with E-state index in [2.05, 4.69) is 15.5 Å². The summed E-state index contributed by atoms with van der Waals surface area (Å²) in [5, 5.41) is 11.3. The number of hydrogen-bond acceptors (Lipinski definition) is 4. The maximum absolute atomic E-state index is 14.1. The van der Waals surface area contributed by atoms with Gasteiger partial charge in [-0.15, -0.1) is 10.2 Å². The van der Waals surface area contributed by atoms with Crippen molar-refractivity contribution in [3.8, 4) is 11.5 Å². The van der Waals surface area contributed by atoms with E-state index in [-0.39, 0.29) is 11.6 Å². The minimum atomic E-state index is -0.696. The Morgan fingerprint density at radius 2 is 1.52 bits per heavy atom. The molecule has 0 spiro atoms. The molecule has 1 N–H and O–H groups in total. The fourth-order valence-corrected chi connectivity index (χ4v) is 2.74. The number of nitrogens with one attached hydrogen (secondary N) is 1. The first kappa shape index (κ1) is 16.9. The summed E-state index contributed by atoms with van der Waals surface area (Å²) in [5.41, 5.74) is 1.74. The predicted molar refractivity (Wildman–Crippen MR) is 98.0 cm³/mol. The molecule has 27 heavy (non-hydrogen) atoms. The van der Waals surface area contributed by atoms with E-state index in [1.54, 1.807) is 0 Å². The molecule has 4 rings (SSSR count). The monoisotopic (exact) mass is 363 g/mol. The van der Waals surface area contributed by atoms with Gasteiger partial charge in [-0.3, -0.25) is 0 Å². The maximum atomic E-state index is 14.1. The zero-order chi connectivity index (χ0) is 18.6. The van der Waals surface area contributed by atoms with E-state index in [0.717, 1.165) is 17.2 Å². The van der Waals surface area contributed by atoms with Crippen molar-refractivity contribution in [1.29, 1.82) is 0 Å². The summed E-state index contributed by atoms with van der Waals surface area (Å²) in [7, 11) is 0. The van der Waals surface area contributed by atoms with Crippen LogP contribution >= 0.6 is 0 Å². The standard InChI is InChI=1S/C21H15F2N3O/c22-16-11-12-18(17(23)13-16)24-19(14-7-3-1-4-8-14)21-26-25-20(27-21)15-9-5-2-6-10-15/h1-13,19,24H/t19-/m1/s1. The first-order valence-electron chi connectivity index (χ1n) is 8.36. The number of rotatable bonds is 5. The number of aromatic nitrogens is 2. The molecule has 0 aliphatic heterocycles. The summed E-state index contributed by atoms with van der Waals surface area (Å²) in [4.78, 5) is 0. The molecule has 0 amide bonds. The SMILES string of the molecule is Fc1ccc(N[C@H](c2ccccc2)c2nnc(-c3ccccc3)o2)c(F)c1. The molecule has 6 heteroatoms. The fourth-order valence-electron chi connectivity index (χ4n) is 2.74. The molecule has 0 saturated heterocycles. The summed E-state index contributed by atoms with van der Waals surface area (Å²) >= 11 is 0. The highest BCUT2D eigenvalue weighted by atomic mass is 19.1. The topological polar surface area (TPSA) is 51.0 Å². The van der Waals surface area contributed by atoms with Crippen LogP contribution in [0.2, 0.25) is 0 Å². The summed E-state index contributed by atoms with van der Waals surface area (Å²) in [6, 6.07) is 21.5. The maximum Gasteiger partial charge on any atom is 0.247 e. The van der Waals surface area contributed by atoms with Crippen molar-refractivity contribution in [2.45, 2.75) is 6.04 Å². The normalized spacial score (nSPS) is 11.9. The second-order valence-corrected chi connectivity index (χ2v) is 5.92. The Bertz CT molecular complexity index is 1040. The molecule has 1 heterocycles. The van der Waals surface area contributed by atoms with Gasteiger partial charge in [0.15, 0.2) is 0 Å². The Kier molecular flexibility index (Phi) is 4.61. The smallest absolute Gasteiger partial charge is 0.247 e. The Balaban J connectivity index is 1.72. The van der Waals surface area contributed by atoms with Gasteiger partial charge < -0.3 is 9.73 Å². The van der Waals surface area contributed by atoms with Crippen molar-refractivity contribution in [3.05, 3.63) is 102 Å². The van der Waals surface area contributed by atoms with Gasteiger partial charge in [0.25, 0.3) is 0 Å². The van der Waals surface area contributed by atoms with Crippen LogP contribution in [0.15, 0.2) is 83.3 Å². The predicted octanol–water partition coefficient (Wildman–Crippen LogP) is 5.22. The molecule has 4 nitrogen and oxygen atoms in total. The molecule has 0 bridgehead atoms. The first-order chi connectivity index (χ1) is 13.2. The Morgan fingerprint density at radius 3 is 2.22 bits per heavy atom. The van der Waals surface area contributed by atoms with Gasteiger partial charge >= 0.3 is 0 Å². The van der Waals surface area contributed by atoms with Crippen LogP contribution in [0.3, 0.4) is 0 Å². The molecule has 0 aliphatic carbocycles. The minimum absolute atomic E-state index is 0.143. The molecule has 0 saturated carbocycles. The van der Waals surface area contributed by atoms with Gasteiger partial charge in [0.2, 0.25) is 11.8 Å². The lowest BCUT2D eigenvalue weighted by Gasteiger charge is -2.17. The number of benzene rings is 3. The summed E-state index contributed by atoms with van der Waals surface area (Å²) in [6.45, 7) is 0. The summed E-state index contributed by atoms with van der Waals surface area (Å²) in [6.07, 6.45) is 0. The van der Waals surface area contributed by atoms with Crippen LogP contribution in [-0.4, -0.2) is 10.2 Å². The van der Waals surface area contributed by atoms with Crippen LogP contribution in [0.4, 0.5) is 14.5 Å². The quantitative estimate of drug-likeness (QED) is 0.528. The van der Waals surface area contributed by atoms with Crippen molar-refractivity contribution >= 4 is 5.69 Å². The Labute approximate surface area is 154 Å². The number of halogens is 2. The molecule has 134 valence electrons. The van der Waals surface area contributed by atoms with Crippen molar-refractivity contribution in [1.82, 2.24) is 10.2 Å². The molecule has 1 aromatic heterocycles. The van der Waals surface area contributed by atoms with E-state index in [0.29, 0.717) is 5.89 Å². The second-order valence-electron chi connectivity index (χ2n) is 5.92. The Hall–Kier alpha value is -3.54. The third-order valence-electron chi connectivity index (χ3n) is 4.07. The highest BCUT2D eigenvalue weighted by Crippen LogP contribution is 2.29. The number of anilines is 1. The molecular formula is C21H15F2N3O. The number of nitrogens with zero attached hydrogens (tertiary/aromatic N) is 2. The molecule has 4 aromatic rings. The van der Waals surface area contributed by atoms with Crippen molar-refractivity contribution in [2.24, 2.45) is 0 Å². The van der Waals surface area contributed by atoms with Crippen LogP contribution in [0.1, 0.15) is 17.5 Å². The van der Waals surface area contributed by atoms with Crippen LogP contribution in [0.25, 0.3) is 11.5 Å². The molecule has 0 radical (unpaired) electrons. The van der Waals surface area contributed by atoms with Crippen molar-refractivity contribution in [2.75, 3.05) is 5.32 Å². The van der Waals surface area contributed by atoms with Crippen molar-refractivity contribution < 1.29 is 13.2 Å². The van der Waals surface area contributed by atoms with Gasteiger partial charge in [0, 0.05) is 11.6 Å².